The van der Waals surface area contributed by atoms with Crippen molar-refractivity contribution >= 4 is 11.8 Å². The zero-order chi connectivity index (χ0) is 13.8. The van der Waals surface area contributed by atoms with Crippen molar-refractivity contribution in [3.63, 3.8) is 0 Å². The summed E-state index contributed by atoms with van der Waals surface area (Å²) in [4.78, 5) is 24.0. The van der Waals surface area contributed by atoms with Crippen LogP contribution in [0.2, 0.25) is 0 Å². The highest BCUT2D eigenvalue weighted by Crippen LogP contribution is 2.19. The molecule has 5 nitrogen and oxygen atoms in total. The second-order valence-electron chi connectivity index (χ2n) is 4.78. The van der Waals surface area contributed by atoms with Crippen LogP contribution < -0.4 is 4.74 Å². The largest absolute Gasteiger partial charge is 0.490 e. The standard InChI is InChI=1S/C14H17NO4/c1-15-8-6-12(7-9-15)19-11-4-2-10(3-5-11)13(16)14(17)18/h2-5,12H,6-9H2,1H3,(H,17,18). The number of hydrogen-bond donors (Lipinski definition) is 1. The second kappa shape index (κ2) is 5.84. The first kappa shape index (κ1) is 13.5. The van der Waals surface area contributed by atoms with Gasteiger partial charge in [-0.05, 0) is 44.2 Å². The van der Waals surface area contributed by atoms with E-state index in [0.717, 1.165) is 25.9 Å². The van der Waals surface area contributed by atoms with Gasteiger partial charge in [0, 0.05) is 18.7 Å². The number of piperidine rings is 1. The number of aliphatic carboxylic acids is 1. The number of likely N-dealkylation sites (tertiary alicyclic amines) is 1. The van der Waals surface area contributed by atoms with Crippen LogP contribution >= 0.6 is 0 Å². The van der Waals surface area contributed by atoms with Crippen molar-refractivity contribution in [1.29, 1.82) is 0 Å². The van der Waals surface area contributed by atoms with Gasteiger partial charge in [-0.2, -0.15) is 0 Å². The molecule has 1 aromatic rings. The van der Waals surface area contributed by atoms with Gasteiger partial charge in [-0.1, -0.05) is 0 Å². The first-order valence-corrected chi connectivity index (χ1v) is 6.29. The first-order valence-electron chi connectivity index (χ1n) is 6.29. The minimum atomic E-state index is -1.44. The Morgan fingerprint density at radius 1 is 1.21 bits per heavy atom. The highest BCUT2D eigenvalue weighted by atomic mass is 16.5. The van der Waals surface area contributed by atoms with E-state index in [-0.39, 0.29) is 11.7 Å². The topological polar surface area (TPSA) is 66.8 Å². The van der Waals surface area contributed by atoms with Gasteiger partial charge in [0.05, 0.1) is 0 Å². The Balaban J connectivity index is 1.95. The summed E-state index contributed by atoms with van der Waals surface area (Å²) in [5, 5.41) is 8.61. The average Bonchev–Trinajstić information content (AvgIpc) is 2.41. The fraction of sp³-hybridized carbons (Fsp3) is 0.429. The molecule has 0 aliphatic carbocycles. The molecule has 1 aromatic carbocycles. The molecule has 102 valence electrons. The predicted octanol–water partition coefficient (Wildman–Crippen LogP) is 1.43. The average molecular weight is 263 g/mol. The molecule has 5 heteroatoms. The summed E-state index contributed by atoms with van der Waals surface area (Å²) in [5.74, 6) is -1.66. The van der Waals surface area contributed by atoms with E-state index in [1.54, 1.807) is 12.1 Å². The molecule has 0 radical (unpaired) electrons. The number of carbonyl (C=O) groups excluding carboxylic acids is 1. The zero-order valence-corrected chi connectivity index (χ0v) is 10.8. The SMILES string of the molecule is CN1CCC(Oc2ccc(C(=O)C(=O)O)cc2)CC1. The first-order chi connectivity index (χ1) is 9.06. The van der Waals surface area contributed by atoms with Crippen LogP contribution in [0.1, 0.15) is 23.2 Å². The van der Waals surface area contributed by atoms with Crippen LogP contribution in [-0.4, -0.2) is 48.0 Å². The smallest absolute Gasteiger partial charge is 0.377 e. The van der Waals surface area contributed by atoms with E-state index >= 15 is 0 Å². The summed E-state index contributed by atoms with van der Waals surface area (Å²) < 4.78 is 5.81. The van der Waals surface area contributed by atoms with E-state index in [2.05, 4.69) is 11.9 Å². The molecular weight excluding hydrogens is 246 g/mol. The zero-order valence-electron chi connectivity index (χ0n) is 10.8. The highest BCUT2D eigenvalue weighted by Gasteiger charge is 2.18. The number of rotatable bonds is 4. The van der Waals surface area contributed by atoms with E-state index in [1.807, 2.05) is 0 Å². The van der Waals surface area contributed by atoms with Crippen LogP contribution in [0.4, 0.5) is 0 Å². The molecule has 1 aliphatic rings. The Kier molecular flexibility index (Phi) is 4.16. The number of carboxylic acids is 1. The lowest BCUT2D eigenvalue weighted by Gasteiger charge is -2.29. The molecule has 19 heavy (non-hydrogen) atoms. The number of carbonyl (C=O) groups is 2. The molecule has 0 unspecified atom stereocenters. The lowest BCUT2D eigenvalue weighted by molar-refractivity contribution is -0.131. The fourth-order valence-corrected chi connectivity index (χ4v) is 2.10. The van der Waals surface area contributed by atoms with E-state index < -0.39 is 11.8 Å². The summed E-state index contributed by atoms with van der Waals surface area (Å²) in [6, 6.07) is 6.27. The van der Waals surface area contributed by atoms with Gasteiger partial charge >= 0.3 is 5.97 Å². The maximum atomic E-state index is 11.2. The van der Waals surface area contributed by atoms with Crippen LogP contribution in [0.5, 0.6) is 5.75 Å². The summed E-state index contributed by atoms with van der Waals surface area (Å²) in [7, 11) is 2.09. The van der Waals surface area contributed by atoms with Gasteiger partial charge in [-0.15, -0.1) is 0 Å². The molecule has 0 saturated carbocycles. The van der Waals surface area contributed by atoms with Gasteiger partial charge in [-0.3, -0.25) is 4.79 Å². The summed E-state index contributed by atoms with van der Waals surface area (Å²) in [6.45, 7) is 2.03. The summed E-state index contributed by atoms with van der Waals surface area (Å²) >= 11 is 0. The lowest BCUT2D eigenvalue weighted by atomic mass is 10.1. The maximum absolute atomic E-state index is 11.2. The molecular formula is C14H17NO4. The minimum absolute atomic E-state index is 0.170. The molecule has 2 rings (SSSR count). The molecule has 1 saturated heterocycles. The second-order valence-corrected chi connectivity index (χ2v) is 4.78. The van der Waals surface area contributed by atoms with Gasteiger partial charge in [0.2, 0.25) is 0 Å². The molecule has 1 N–H and O–H groups in total. The van der Waals surface area contributed by atoms with Crippen LogP contribution in [-0.2, 0) is 4.79 Å². The summed E-state index contributed by atoms with van der Waals surface area (Å²) in [6.07, 6.45) is 2.15. The van der Waals surface area contributed by atoms with Crippen molar-refractivity contribution in [3.8, 4) is 5.75 Å². The van der Waals surface area contributed by atoms with Gasteiger partial charge in [0.25, 0.3) is 5.78 Å². The van der Waals surface area contributed by atoms with Crippen molar-refractivity contribution in [2.24, 2.45) is 0 Å². The van der Waals surface area contributed by atoms with Crippen LogP contribution in [0.3, 0.4) is 0 Å². The van der Waals surface area contributed by atoms with Crippen LogP contribution in [0.15, 0.2) is 24.3 Å². The van der Waals surface area contributed by atoms with Gasteiger partial charge in [0.15, 0.2) is 0 Å². The molecule has 1 aliphatic heterocycles. The van der Waals surface area contributed by atoms with Gasteiger partial charge in [0.1, 0.15) is 11.9 Å². The predicted molar refractivity (Wildman–Crippen MR) is 69.6 cm³/mol. The third kappa shape index (κ3) is 3.54. The Bertz CT molecular complexity index is 461. The Hall–Kier alpha value is -1.88. The Labute approximate surface area is 111 Å². The summed E-state index contributed by atoms with van der Waals surface area (Å²) in [5.41, 5.74) is 0.170. The van der Waals surface area contributed by atoms with Crippen molar-refractivity contribution in [2.45, 2.75) is 18.9 Å². The third-order valence-corrected chi connectivity index (χ3v) is 3.28. The van der Waals surface area contributed by atoms with Crippen LogP contribution in [0, 0.1) is 0 Å². The number of Topliss-reactive ketones (excluding diaryl/α,β-unsaturated/α-hetero) is 1. The van der Waals surface area contributed by atoms with Crippen molar-refractivity contribution in [2.75, 3.05) is 20.1 Å². The fourth-order valence-electron chi connectivity index (χ4n) is 2.10. The highest BCUT2D eigenvalue weighted by molar-refractivity contribution is 6.39. The van der Waals surface area contributed by atoms with Crippen molar-refractivity contribution in [3.05, 3.63) is 29.8 Å². The number of carboxylic acid groups (broad SMARTS) is 1. The van der Waals surface area contributed by atoms with Gasteiger partial charge in [-0.25, -0.2) is 4.79 Å². The number of hydrogen-bond acceptors (Lipinski definition) is 4. The van der Waals surface area contributed by atoms with Gasteiger partial charge < -0.3 is 14.7 Å². The molecule has 0 spiro atoms. The van der Waals surface area contributed by atoms with E-state index in [4.69, 9.17) is 9.84 Å². The minimum Gasteiger partial charge on any atom is -0.490 e. The molecule has 1 fully saturated rings. The maximum Gasteiger partial charge on any atom is 0.377 e. The van der Waals surface area contributed by atoms with E-state index in [9.17, 15) is 9.59 Å². The molecule has 0 atom stereocenters. The quantitative estimate of drug-likeness (QED) is 0.657. The van der Waals surface area contributed by atoms with E-state index in [0.29, 0.717) is 5.75 Å². The molecule has 0 aromatic heterocycles. The van der Waals surface area contributed by atoms with E-state index in [1.165, 1.54) is 12.1 Å². The third-order valence-electron chi connectivity index (χ3n) is 3.28. The monoisotopic (exact) mass is 263 g/mol. The number of ether oxygens (including phenoxy) is 1. The van der Waals surface area contributed by atoms with Crippen molar-refractivity contribution < 1.29 is 19.4 Å². The Morgan fingerprint density at radius 3 is 2.32 bits per heavy atom. The van der Waals surface area contributed by atoms with Crippen LogP contribution in [0.25, 0.3) is 0 Å². The molecule has 0 amide bonds. The molecule has 1 heterocycles. The lowest BCUT2D eigenvalue weighted by Crippen LogP contribution is -2.35. The number of ketones is 1. The van der Waals surface area contributed by atoms with Crippen molar-refractivity contribution in [1.82, 2.24) is 4.90 Å². The number of nitrogens with zero attached hydrogens (tertiary/aromatic N) is 1. The molecule has 0 bridgehead atoms. The normalized spacial score (nSPS) is 17.1. The Morgan fingerprint density at radius 2 is 1.79 bits per heavy atom. The number of benzene rings is 1.